The number of rotatable bonds is 4. The molecule has 0 saturated carbocycles. The summed E-state index contributed by atoms with van der Waals surface area (Å²) in [6.07, 6.45) is -0.553. The third kappa shape index (κ3) is 4.79. The lowest BCUT2D eigenvalue weighted by Gasteiger charge is -2.25. The summed E-state index contributed by atoms with van der Waals surface area (Å²) in [5, 5.41) is 0.362. The molecular formula is C18H22N2O4S. The molecular weight excluding hydrogens is 340 g/mol. The SMILES string of the molecule is CCOC(=O)c1sc(N(C(=O)OC(C)(C)C)c2ccccc2)nc1C. The van der Waals surface area contributed by atoms with Crippen LogP contribution >= 0.6 is 11.3 Å². The maximum absolute atomic E-state index is 12.7. The van der Waals surface area contributed by atoms with Crippen LogP contribution in [0.3, 0.4) is 0 Å². The number of carbonyl (C=O) groups excluding carboxylic acids is 2. The van der Waals surface area contributed by atoms with Crippen molar-refractivity contribution in [2.45, 2.75) is 40.2 Å². The fourth-order valence-corrected chi connectivity index (χ4v) is 3.01. The molecule has 0 bridgehead atoms. The molecule has 1 aromatic heterocycles. The van der Waals surface area contributed by atoms with Crippen LogP contribution < -0.4 is 4.90 Å². The van der Waals surface area contributed by atoms with Gasteiger partial charge in [0.05, 0.1) is 18.0 Å². The van der Waals surface area contributed by atoms with E-state index in [1.807, 2.05) is 18.2 Å². The molecule has 0 atom stereocenters. The van der Waals surface area contributed by atoms with Crippen molar-refractivity contribution in [3.8, 4) is 0 Å². The summed E-state index contributed by atoms with van der Waals surface area (Å²) in [7, 11) is 0. The summed E-state index contributed by atoms with van der Waals surface area (Å²) in [6, 6.07) is 9.06. The molecule has 0 unspecified atom stereocenters. The third-order valence-electron chi connectivity index (χ3n) is 3.03. The lowest BCUT2D eigenvalue weighted by molar-refractivity contribution is 0.0529. The molecule has 0 fully saturated rings. The van der Waals surface area contributed by atoms with Gasteiger partial charge in [0.25, 0.3) is 0 Å². The Bertz CT molecular complexity index is 750. The molecule has 2 rings (SSSR count). The van der Waals surface area contributed by atoms with Crippen molar-refractivity contribution in [3.05, 3.63) is 40.9 Å². The minimum absolute atomic E-state index is 0.278. The van der Waals surface area contributed by atoms with Gasteiger partial charge in [-0.3, -0.25) is 0 Å². The van der Waals surface area contributed by atoms with Crippen molar-refractivity contribution in [1.29, 1.82) is 0 Å². The largest absolute Gasteiger partial charge is 0.462 e. The van der Waals surface area contributed by atoms with Crippen LogP contribution in [0.1, 0.15) is 43.1 Å². The normalized spacial score (nSPS) is 11.1. The lowest BCUT2D eigenvalue weighted by Crippen LogP contribution is -2.33. The molecule has 6 nitrogen and oxygen atoms in total. The summed E-state index contributed by atoms with van der Waals surface area (Å²) >= 11 is 1.10. The van der Waals surface area contributed by atoms with Crippen LogP contribution in [-0.4, -0.2) is 29.3 Å². The van der Waals surface area contributed by atoms with Gasteiger partial charge >= 0.3 is 12.1 Å². The van der Waals surface area contributed by atoms with Gasteiger partial charge in [0.1, 0.15) is 10.5 Å². The number of aromatic nitrogens is 1. The fraction of sp³-hybridized carbons (Fsp3) is 0.389. The van der Waals surface area contributed by atoms with Gasteiger partial charge < -0.3 is 9.47 Å². The summed E-state index contributed by atoms with van der Waals surface area (Å²) in [5.41, 5.74) is 0.476. The van der Waals surface area contributed by atoms with Crippen LogP contribution in [-0.2, 0) is 9.47 Å². The van der Waals surface area contributed by atoms with Gasteiger partial charge in [-0.1, -0.05) is 29.5 Å². The van der Waals surface area contributed by atoms with Crippen molar-refractivity contribution < 1.29 is 19.1 Å². The molecule has 134 valence electrons. The minimum atomic E-state index is -0.652. The molecule has 7 heteroatoms. The number of carbonyl (C=O) groups is 2. The lowest BCUT2D eigenvalue weighted by atomic mass is 10.2. The zero-order chi connectivity index (χ0) is 18.6. The van der Waals surface area contributed by atoms with E-state index in [2.05, 4.69) is 4.98 Å². The van der Waals surface area contributed by atoms with E-state index in [0.717, 1.165) is 11.3 Å². The Balaban J connectivity index is 2.44. The fourth-order valence-electron chi connectivity index (χ4n) is 2.04. The molecule has 0 saturated heterocycles. The van der Waals surface area contributed by atoms with E-state index in [4.69, 9.17) is 9.47 Å². The average Bonchev–Trinajstić information content (AvgIpc) is 2.88. The Kier molecular flexibility index (Phi) is 5.79. The number of hydrogen-bond acceptors (Lipinski definition) is 6. The van der Waals surface area contributed by atoms with E-state index >= 15 is 0 Å². The Morgan fingerprint density at radius 2 is 1.84 bits per heavy atom. The van der Waals surface area contributed by atoms with Gasteiger partial charge in [-0.2, -0.15) is 0 Å². The van der Waals surface area contributed by atoms with Crippen LogP contribution in [0, 0.1) is 6.92 Å². The highest BCUT2D eigenvalue weighted by Gasteiger charge is 2.29. The van der Waals surface area contributed by atoms with E-state index in [9.17, 15) is 9.59 Å². The molecule has 0 aliphatic carbocycles. The highest BCUT2D eigenvalue weighted by Crippen LogP contribution is 2.33. The zero-order valence-corrected chi connectivity index (χ0v) is 15.8. The van der Waals surface area contributed by atoms with Crippen LogP contribution in [0.4, 0.5) is 15.6 Å². The second-order valence-electron chi connectivity index (χ2n) is 6.28. The predicted octanol–water partition coefficient (Wildman–Crippen LogP) is 4.70. The number of ether oxygens (including phenoxy) is 2. The summed E-state index contributed by atoms with van der Waals surface area (Å²) in [4.78, 5) is 30.9. The smallest absolute Gasteiger partial charge is 0.421 e. The van der Waals surface area contributed by atoms with Crippen LogP contribution in [0.25, 0.3) is 0 Å². The second kappa shape index (κ2) is 7.65. The molecule has 2 aromatic rings. The average molecular weight is 362 g/mol. The molecule has 0 aliphatic rings. The maximum atomic E-state index is 12.7. The quantitative estimate of drug-likeness (QED) is 0.737. The molecule has 0 aliphatic heterocycles. The van der Waals surface area contributed by atoms with Gasteiger partial charge in [0.2, 0.25) is 5.13 Å². The van der Waals surface area contributed by atoms with E-state index in [0.29, 0.717) is 21.4 Å². The monoisotopic (exact) mass is 362 g/mol. The summed E-state index contributed by atoms with van der Waals surface area (Å²) < 4.78 is 10.5. The number of para-hydroxylation sites is 1. The summed E-state index contributed by atoms with van der Waals surface area (Å²) in [5.74, 6) is -0.444. The van der Waals surface area contributed by atoms with Crippen LogP contribution in [0.5, 0.6) is 0 Å². The first-order chi connectivity index (χ1) is 11.7. The third-order valence-corrected chi connectivity index (χ3v) is 4.15. The number of aryl methyl sites for hydroxylation is 1. The number of amides is 1. The predicted molar refractivity (Wildman–Crippen MR) is 97.6 cm³/mol. The van der Waals surface area contributed by atoms with E-state index in [1.54, 1.807) is 46.8 Å². The molecule has 1 heterocycles. The Morgan fingerprint density at radius 1 is 1.20 bits per heavy atom. The van der Waals surface area contributed by atoms with Crippen LogP contribution in [0.2, 0.25) is 0 Å². The van der Waals surface area contributed by atoms with Gasteiger partial charge in [-0.05, 0) is 46.8 Å². The highest BCUT2D eigenvalue weighted by atomic mass is 32.1. The molecule has 1 amide bonds. The van der Waals surface area contributed by atoms with Crippen molar-refractivity contribution >= 4 is 34.2 Å². The minimum Gasteiger partial charge on any atom is -0.462 e. The van der Waals surface area contributed by atoms with E-state index in [1.165, 1.54) is 4.90 Å². The second-order valence-corrected chi connectivity index (χ2v) is 7.26. The molecule has 0 N–H and O–H groups in total. The Labute approximate surface area is 151 Å². The molecule has 0 spiro atoms. The number of anilines is 2. The number of thiazole rings is 1. The molecule has 25 heavy (non-hydrogen) atoms. The molecule has 1 aromatic carbocycles. The number of esters is 1. The topological polar surface area (TPSA) is 68.7 Å². The first-order valence-corrected chi connectivity index (χ1v) is 8.77. The maximum Gasteiger partial charge on any atom is 0.421 e. The molecule has 0 radical (unpaired) electrons. The standard InChI is InChI=1S/C18H22N2O4S/c1-6-23-15(21)14-12(2)19-16(25-14)20(13-10-8-7-9-11-13)17(22)24-18(3,4)5/h7-11H,6H2,1-5H3. The van der Waals surface area contributed by atoms with Gasteiger partial charge in [0, 0.05) is 0 Å². The number of hydrogen-bond donors (Lipinski definition) is 0. The first kappa shape index (κ1) is 18.9. The van der Waals surface area contributed by atoms with Gasteiger partial charge in [-0.15, -0.1) is 0 Å². The highest BCUT2D eigenvalue weighted by molar-refractivity contribution is 7.17. The van der Waals surface area contributed by atoms with E-state index in [-0.39, 0.29) is 6.61 Å². The van der Waals surface area contributed by atoms with Gasteiger partial charge in [-0.25, -0.2) is 19.5 Å². The van der Waals surface area contributed by atoms with Crippen molar-refractivity contribution in [2.24, 2.45) is 0 Å². The number of benzene rings is 1. The first-order valence-electron chi connectivity index (χ1n) is 7.95. The van der Waals surface area contributed by atoms with Crippen molar-refractivity contribution in [2.75, 3.05) is 11.5 Å². The van der Waals surface area contributed by atoms with Crippen molar-refractivity contribution in [3.63, 3.8) is 0 Å². The van der Waals surface area contributed by atoms with Gasteiger partial charge in [0.15, 0.2) is 0 Å². The Morgan fingerprint density at radius 3 is 2.40 bits per heavy atom. The summed E-state index contributed by atoms with van der Waals surface area (Å²) in [6.45, 7) is 9.12. The zero-order valence-electron chi connectivity index (χ0n) is 15.0. The van der Waals surface area contributed by atoms with E-state index < -0.39 is 17.7 Å². The van der Waals surface area contributed by atoms with Crippen LogP contribution in [0.15, 0.2) is 30.3 Å². The van der Waals surface area contributed by atoms with Crippen molar-refractivity contribution in [1.82, 2.24) is 4.98 Å². The Hall–Kier alpha value is -2.41. The number of nitrogens with zero attached hydrogens (tertiary/aromatic N) is 2.